The van der Waals surface area contributed by atoms with Crippen LogP contribution in [-0.2, 0) is 16.0 Å². The Morgan fingerprint density at radius 2 is 2.07 bits per heavy atom. The van der Waals surface area contributed by atoms with Crippen molar-refractivity contribution in [3.63, 3.8) is 0 Å². The van der Waals surface area contributed by atoms with Gasteiger partial charge in [-0.2, -0.15) is 0 Å². The molecular weight excluding hydrogens is 364 g/mol. The van der Waals surface area contributed by atoms with Crippen molar-refractivity contribution >= 4 is 29.3 Å². The number of allylic oxidation sites excluding steroid dienone is 1. The third kappa shape index (κ3) is 3.58. The normalized spacial score (nSPS) is 23.0. The molecule has 0 aromatic carbocycles. The number of aromatic nitrogens is 2. The lowest BCUT2D eigenvalue weighted by Crippen LogP contribution is -2.27. The maximum atomic E-state index is 12.7. The fourth-order valence-corrected chi connectivity index (χ4v) is 4.51. The molecule has 0 radical (unpaired) electrons. The van der Waals surface area contributed by atoms with E-state index in [0.717, 1.165) is 30.6 Å². The highest BCUT2D eigenvalue weighted by Gasteiger charge is 2.37. The zero-order valence-corrected chi connectivity index (χ0v) is 16.0. The van der Waals surface area contributed by atoms with Gasteiger partial charge in [-0.1, -0.05) is 6.08 Å². The second-order valence-electron chi connectivity index (χ2n) is 7.96. The van der Waals surface area contributed by atoms with Crippen LogP contribution in [0.2, 0.25) is 0 Å². The third-order valence-corrected chi connectivity index (χ3v) is 6.04. The minimum absolute atomic E-state index is 0.00388. The number of rotatable bonds is 3. The molecule has 29 heavy (non-hydrogen) atoms. The summed E-state index contributed by atoms with van der Waals surface area (Å²) < 4.78 is 0. The summed E-state index contributed by atoms with van der Waals surface area (Å²) in [5.74, 6) is 1.62. The first-order valence-electron chi connectivity index (χ1n) is 10.0. The van der Waals surface area contributed by atoms with E-state index in [0.29, 0.717) is 30.5 Å². The number of anilines is 1. The van der Waals surface area contributed by atoms with Crippen LogP contribution in [0, 0.1) is 11.8 Å². The summed E-state index contributed by atoms with van der Waals surface area (Å²) in [7, 11) is 0. The number of carbonyl (C=O) groups is 2. The Bertz CT molecular complexity index is 1030. The van der Waals surface area contributed by atoms with Gasteiger partial charge in [-0.3, -0.25) is 14.6 Å². The number of nitrogens with one attached hydrogen (secondary N) is 1. The monoisotopic (exact) mass is 386 g/mol. The minimum Gasteiger partial charge on any atom is -0.338 e. The first-order valence-corrected chi connectivity index (χ1v) is 10.0. The van der Waals surface area contributed by atoms with Gasteiger partial charge in [0.05, 0.1) is 0 Å². The van der Waals surface area contributed by atoms with E-state index < -0.39 is 0 Å². The topological polar surface area (TPSA) is 75.2 Å². The van der Waals surface area contributed by atoms with Crippen LogP contribution in [0.15, 0.2) is 48.9 Å². The van der Waals surface area contributed by atoms with Gasteiger partial charge in [0, 0.05) is 44.2 Å². The fraction of sp³-hybridized carbons (Fsp3) is 0.304. The van der Waals surface area contributed by atoms with Crippen LogP contribution >= 0.6 is 0 Å². The van der Waals surface area contributed by atoms with Crippen LogP contribution in [0.4, 0.5) is 5.82 Å². The molecule has 6 heteroatoms. The molecule has 0 saturated carbocycles. The highest BCUT2D eigenvalue weighted by molar-refractivity contribution is 5.94. The molecular formula is C23H22N4O2. The van der Waals surface area contributed by atoms with E-state index in [1.807, 2.05) is 29.4 Å². The van der Waals surface area contributed by atoms with Gasteiger partial charge in [0.1, 0.15) is 5.82 Å². The summed E-state index contributed by atoms with van der Waals surface area (Å²) >= 11 is 0. The van der Waals surface area contributed by atoms with Gasteiger partial charge in [-0.15, -0.1) is 0 Å². The zero-order valence-electron chi connectivity index (χ0n) is 16.0. The van der Waals surface area contributed by atoms with E-state index in [1.54, 1.807) is 12.3 Å². The predicted octanol–water partition coefficient (Wildman–Crippen LogP) is 2.94. The molecule has 2 aromatic heterocycles. The van der Waals surface area contributed by atoms with Crippen LogP contribution in [-0.4, -0.2) is 39.8 Å². The lowest BCUT2D eigenvalue weighted by atomic mass is 9.99. The Morgan fingerprint density at radius 1 is 1.21 bits per heavy atom. The minimum atomic E-state index is 0.00388. The molecule has 1 N–H and O–H groups in total. The number of hydrogen-bond donors (Lipinski definition) is 1. The van der Waals surface area contributed by atoms with E-state index in [1.165, 1.54) is 11.1 Å². The van der Waals surface area contributed by atoms with E-state index in [9.17, 15) is 9.59 Å². The standard InChI is InChI=1S/C23H22N4O2/c28-21-3-2-17-9-15(12-25-23(17)26-21)1-4-22(29)27-13-19-10-18(11-20(19)14-27)16-5-7-24-8-6-16/h1,4-10,12,19-20H,2-3,11,13-14H2,(H,25,26,28)/b4-1+. The van der Waals surface area contributed by atoms with Crippen LogP contribution in [0.5, 0.6) is 0 Å². The molecule has 2 atom stereocenters. The predicted molar refractivity (Wildman–Crippen MR) is 111 cm³/mol. The maximum absolute atomic E-state index is 12.7. The highest BCUT2D eigenvalue weighted by atomic mass is 16.2. The molecule has 4 heterocycles. The number of fused-ring (bicyclic) bond motifs is 2. The summed E-state index contributed by atoms with van der Waals surface area (Å²) in [4.78, 5) is 34.4. The second-order valence-corrected chi connectivity index (χ2v) is 7.96. The lowest BCUT2D eigenvalue weighted by molar-refractivity contribution is -0.125. The Labute approximate surface area is 169 Å². The molecule has 1 aliphatic carbocycles. The molecule has 2 unspecified atom stereocenters. The summed E-state index contributed by atoms with van der Waals surface area (Å²) in [5.41, 5.74) is 4.51. The smallest absolute Gasteiger partial charge is 0.246 e. The number of likely N-dealkylation sites (tertiary alicyclic amines) is 1. The number of carbonyl (C=O) groups excluding carboxylic acids is 2. The Kier molecular flexibility index (Phi) is 4.46. The molecule has 1 saturated heterocycles. The average Bonchev–Trinajstić information content (AvgIpc) is 3.32. The molecule has 6 nitrogen and oxygen atoms in total. The van der Waals surface area contributed by atoms with Crippen molar-refractivity contribution in [2.45, 2.75) is 19.3 Å². The van der Waals surface area contributed by atoms with Crippen LogP contribution in [0.1, 0.15) is 29.5 Å². The fourth-order valence-electron chi connectivity index (χ4n) is 4.51. The number of hydrogen-bond acceptors (Lipinski definition) is 4. The Balaban J connectivity index is 1.23. The lowest BCUT2D eigenvalue weighted by Gasteiger charge is -2.16. The van der Waals surface area contributed by atoms with Crippen molar-refractivity contribution in [1.82, 2.24) is 14.9 Å². The molecule has 0 spiro atoms. The van der Waals surface area contributed by atoms with Crippen molar-refractivity contribution in [1.29, 1.82) is 0 Å². The number of aryl methyl sites for hydroxylation is 1. The Morgan fingerprint density at radius 3 is 2.90 bits per heavy atom. The SMILES string of the molecule is O=C1CCc2cc(/C=C/C(=O)N3CC4C=C(c5ccncc5)CC4C3)cnc2N1. The number of nitrogens with zero attached hydrogens (tertiary/aromatic N) is 3. The van der Waals surface area contributed by atoms with Gasteiger partial charge in [0.2, 0.25) is 11.8 Å². The molecule has 2 aliphatic heterocycles. The number of pyridine rings is 2. The first kappa shape index (κ1) is 17.8. The summed E-state index contributed by atoms with van der Waals surface area (Å²) in [5, 5.41) is 2.78. The largest absolute Gasteiger partial charge is 0.338 e. The average molecular weight is 386 g/mol. The molecule has 146 valence electrons. The quantitative estimate of drug-likeness (QED) is 0.823. The summed E-state index contributed by atoms with van der Waals surface area (Å²) in [6.07, 6.45) is 13.3. The van der Waals surface area contributed by atoms with Crippen molar-refractivity contribution < 1.29 is 9.59 Å². The highest BCUT2D eigenvalue weighted by Crippen LogP contribution is 2.40. The van der Waals surface area contributed by atoms with Crippen LogP contribution in [0.25, 0.3) is 11.6 Å². The van der Waals surface area contributed by atoms with E-state index in [4.69, 9.17) is 0 Å². The van der Waals surface area contributed by atoms with Gasteiger partial charge in [-0.25, -0.2) is 4.98 Å². The van der Waals surface area contributed by atoms with Gasteiger partial charge in [0.25, 0.3) is 0 Å². The molecule has 2 aromatic rings. The molecule has 2 amide bonds. The van der Waals surface area contributed by atoms with E-state index >= 15 is 0 Å². The molecule has 3 aliphatic rings. The Hall–Kier alpha value is -3.28. The van der Waals surface area contributed by atoms with Crippen molar-refractivity contribution in [2.75, 3.05) is 18.4 Å². The van der Waals surface area contributed by atoms with Crippen molar-refractivity contribution in [3.8, 4) is 0 Å². The summed E-state index contributed by atoms with van der Waals surface area (Å²) in [6.45, 7) is 1.57. The first-order chi connectivity index (χ1) is 14.2. The van der Waals surface area contributed by atoms with Crippen molar-refractivity contribution in [3.05, 3.63) is 65.6 Å². The van der Waals surface area contributed by atoms with E-state index in [2.05, 4.69) is 33.5 Å². The van der Waals surface area contributed by atoms with Crippen LogP contribution < -0.4 is 5.32 Å². The van der Waals surface area contributed by atoms with Crippen molar-refractivity contribution in [2.24, 2.45) is 11.8 Å². The van der Waals surface area contributed by atoms with Gasteiger partial charge in [-0.05, 0) is 71.2 Å². The van der Waals surface area contributed by atoms with Gasteiger partial charge >= 0.3 is 0 Å². The zero-order chi connectivity index (χ0) is 19.8. The van der Waals surface area contributed by atoms with E-state index in [-0.39, 0.29) is 11.8 Å². The number of amides is 2. The maximum Gasteiger partial charge on any atom is 0.246 e. The summed E-state index contributed by atoms with van der Waals surface area (Å²) in [6, 6.07) is 6.10. The van der Waals surface area contributed by atoms with Gasteiger partial charge < -0.3 is 10.2 Å². The second kappa shape index (κ2) is 7.28. The molecule has 1 fully saturated rings. The van der Waals surface area contributed by atoms with Crippen LogP contribution in [0.3, 0.4) is 0 Å². The third-order valence-electron chi connectivity index (χ3n) is 6.04. The van der Waals surface area contributed by atoms with Gasteiger partial charge in [0.15, 0.2) is 0 Å². The molecule has 5 rings (SSSR count). The molecule has 0 bridgehead atoms.